The number of carbonyl (C=O) groups is 2. The van der Waals surface area contributed by atoms with Crippen LogP contribution in [-0.2, 0) is 20.9 Å². The van der Waals surface area contributed by atoms with Crippen LogP contribution in [0.15, 0.2) is 36.8 Å². The Morgan fingerprint density at radius 3 is 2.87 bits per heavy atom. The van der Waals surface area contributed by atoms with Gasteiger partial charge in [-0.15, -0.1) is 0 Å². The van der Waals surface area contributed by atoms with Crippen LogP contribution in [0.2, 0.25) is 0 Å². The molecule has 0 spiro atoms. The zero-order chi connectivity index (χ0) is 32.0. The molecule has 1 fully saturated rings. The first-order valence-electron chi connectivity index (χ1n) is 15.5. The molecular weight excluding hydrogens is 572 g/mol. The molecule has 13 nitrogen and oxygen atoms in total. The van der Waals surface area contributed by atoms with Gasteiger partial charge >= 0.3 is 0 Å². The molecule has 1 aliphatic rings. The van der Waals surface area contributed by atoms with E-state index in [1.807, 2.05) is 35.8 Å². The Morgan fingerprint density at radius 1 is 1.20 bits per heavy atom. The van der Waals surface area contributed by atoms with Crippen molar-refractivity contribution >= 4 is 40.3 Å². The van der Waals surface area contributed by atoms with Gasteiger partial charge in [0.05, 0.1) is 43.0 Å². The molecule has 4 heterocycles. The molecule has 3 aromatic rings. The second kappa shape index (κ2) is 17.1. The van der Waals surface area contributed by atoms with E-state index in [2.05, 4.69) is 54.8 Å². The fraction of sp³-hybridized carbons (Fsp3) is 0.500. The fourth-order valence-corrected chi connectivity index (χ4v) is 4.85. The third-order valence-corrected chi connectivity index (χ3v) is 7.14. The molecule has 1 atom stereocenters. The van der Waals surface area contributed by atoms with E-state index in [9.17, 15) is 9.59 Å². The minimum absolute atomic E-state index is 0.105. The minimum Gasteiger partial charge on any atom is -0.383 e. The van der Waals surface area contributed by atoms with Gasteiger partial charge in [-0.3, -0.25) is 9.59 Å². The lowest BCUT2D eigenvalue weighted by Crippen LogP contribution is -2.45. The second-order valence-corrected chi connectivity index (χ2v) is 11.1. The highest BCUT2D eigenvalue weighted by Crippen LogP contribution is 2.21. The predicted molar refractivity (Wildman–Crippen MR) is 175 cm³/mol. The molecule has 3 aromatic heterocycles. The first kappa shape index (κ1) is 33.4. The Labute approximate surface area is 264 Å². The Kier molecular flexibility index (Phi) is 12.7. The summed E-state index contributed by atoms with van der Waals surface area (Å²) in [7, 11) is 5.55. The molecular formula is C32H44N10O3. The van der Waals surface area contributed by atoms with Crippen molar-refractivity contribution in [3.05, 3.63) is 42.4 Å². The number of amides is 2. The molecule has 1 saturated heterocycles. The van der Waals surface area contributed by atoms with Crippen LogP contribution >= 0.6 is 0 Å². The highest BCUT2D eigenvalue weighted by atomic mass is 16.5. The summed E-state index contributed by atoms with van der Waals surface area (Å²) in [4.78, 5) is 42.7. The number of likely N-dealkylation sites (N-methyl/N-ethyl adjacent to an activating group) is 1. The highest BCUT2D eigenvalue weighted by Gasteiger charge is 2.32. The number of likely N-dealkylation sites (tertiary alicyclic amines) is 1. The van der Waals surface area contributed by atoms with Gasteiger partial charge in [0.15, 0.2) is 5.65 Å². The van der Waals surface area contributed by atoms with Gasteiger partial charge in [-0.2, -0.15) is 10.1 Å². The first-order valence-corrected chi connectivity index (χ1v) is 15.5. The van der Waals surface area contributed by atoms with Gasteiger partial charge in [0, 0.05) is 51.2 Å². The summed E-state index contributed by atoms with van der Waals surface area (Å²) < 4.78 is 6.96. The van der Waals surface area contributed by atoms with Gasteiger partial charge < -0.3 is 30.5 Å². The van der Waals surface area contributed by atoms with Crippen molar-refractivity contribution in [2.45, 2.75) is 51.6 Å². The number of fused-ring (bicyclic) bond motifs is 1. The zero-order valence-electron chi connectivity index (χ0n) is 26.7. The molecule has 0 saturated carbocycles. The number of anilines is 3. The summed E-state index contributed by atoms with van der Waals surface area (Å²) in [5.41, 5.74) is 2.24. The number of nitrogens with one attached hydrogen (secondary N) is 3. The van der Waals surface area contributed by atoms with Crippen LogP contribution in [0, 0.1) is 11.8 Å². The van der Waals surface area contributed by atoms with Gasteiger partial charge in [0.2, 0.25) is 17.8 Å². The number of ether oxygens (including phenoxy) is 1. The SMILES string of the molecule is CCCNc1nc(Nc2cnc3c(cnn3CCOC)c2)ncc1C#CCCCNC(=O)C1CCCN1C(=O)C=CCN(C)C. The van der Waals surface area contributed by atoms with Crippen LogP contribution in [-0.4, -0.2) is 106 Å². The van der Waals surface area contributed by atoms with Gasteiger partial charge in [0.25, 0.3) is 0 Å². The summed E-state index contributed by atoms with van der Waals surface area (Å²) in [5.74, 6) is 7.22. The van der Waals surface area contributed by atoms with Crippen molar-refractivity contribution in [1.29, 1.82) is 0 Å². The van der Waals surface area contributed by atoms with Crippen molar-refractivity contribution in [1.82, 2.24) is 39.8 Å². The number of methoxy groups -OCH3 is 1. The minimum atomic E-state index is -0.416. The highest BCUT2D eigenvalue weighted by molar-refractivity contribution is 5.93. The van der Waals surface area contributed by atoms with Crippen LogP contribution < -0.4 is 16.0 Å². The monoisotopic (exact) mass is 616 g/mol. The molecule has 2 amide bonds. The molecule has 0 aromatic carbocycles. The average Bonchev–Trinajstić information content (AvgIpc) is 3.68. The van der Waals surface area contributed by atoms with E-state index in [0.29, 0.717) is 69.4 Å². The summed E-state index contributed by atoms with van der Waals surface area (Å²) in [6.45, 7) is 5.80. The van der Waals surface area contributed by atoms with Crippen LogP contribution in [0.4, 0.5) is 17.5 Å². The Hall–Kier alpha value is -4.54. The molecule has 45 heavy (non-hydrogen) atoms. The van der Waals surface area contributed by atoms with E-state index >= 15 is 0 Å². The number of pyridine rings is 1. The first-order chi connectivity index (χ1) is 21.9. The predicted octanol–water partition coefficient (Wildman–Crippen LogP) is 2.79. The van der Waals surface area contributed by atoms with E-state index in [1.165, 1.54) is 0 Å². The largest absolute Gasteiger partial charge is 0.383 e. The molecule has 13 heteroatoms. The fourth-order valence-electron chi connectivity index (χ4n) is 4.85. The van der Waals surface area contributed by atoms with Crippen molar-refractivity contribution in [3.8, 4) is 11.8 Å². The topological polar surface area (TPSA) is 142 Å². The normalized spacial score (nSPS) is 14.6. The number of rotatable bonds is 15. The third-order valence-electron chi connectivity index (χ3n) is 7.14. The van der Waals surface area contributed by atoms with Crippen LogP contribution in [0.1, 0.15) is 44.6 Å². The summed E-state index contributed by atoms with van der Waals surface area (Å²) >= 11 is 0. The number of hydrogen-bond donors (Lipinski definition) is 3. The van der Waals surface area contributed by atoms with Crippen molar-refractivity contribution < 1.29 is 14.3 Å². The number of aromatic nitrogens is 5. The van der Waals surface area contributed by atoms with Gasteiger partial charge in [-0.05, 0) is 45.8 Å². The maximum Gasteiger partial charge on any atom is 0.246 e. The van der Waals surface area contributed by atoms with Crippen molar-refractivity contribution in [2.24, 2.45) is 0 Å². The lowest BCUT2D eigenvalue weighted by Gasteiger charge is -2.22. The molecule has 4 rings (SSSR count). The molecule has 1 aliphatic heterocycles. The number of nitrogens with zero attached hydrogens (tertiary/aromatic N) is 7. The van der Waals surface area contributed by atoms with E-state index in [4.69, 9.17) is 4.74 Å². The van der Waals surface area contributed by atoms with Gasteiger partial charge in [-0.25, -0.2) is 14.6 Å². The van der Waals surface area contributed by atoms with Crippen LogP contribution in [0.25, 0.3) is 11.0 Å². The van der Waals surface area contributed by atoms with Gasteiger partial charge in [0.1, 0.15) is 11.9 Å². The van der Waals surface area contributed by atoms with E-state index in [1.54, 1.807) is 36.7 Å². The maximum absolute atomic E-state index is 12.8. The molecule has 0 radical (unpaired) electrons. The molecule has 0 bridgehead atoms. The van der Waals surface area contributed by atoms with E-state index in [-0.39, 0.29) is 11.8 Å². The molecule has 3 N–H and O–H groups in total. The summed E-state index contributed by atoms with van der Waals surface area (Å²) in [6, 6.07) is 1.54. The third kappa shape index (κ3) is 9.72. The van der Waals surface area contributed by atoms with Crippen molar-refractivity contribution in [2.75, 3.05) is 64.6 Å². The zero-order valence-corrected chi connectivity index (χ0v) is 26.7. The maximum atomic E-state index is 12.8. The molecule has 1 unspecified atom stereocenters. The quantitative estimate of drug-likeness (QED) is 0.133. The molecule has 240 valence electrons. The van der Waals surface area contributed by atoms with Crippen LogP contribution in [0.3, 0.4) is 0 Å². The number of carbonyl (C=O) groups excluding carboxylic acids is 2. The summed E-state index contributed by atoms with van der Waals surface area (Å²) in [5, 5.41) is 14.8. The lowest BCUT2D eigenvalue weighted by molar-refractivity contribution is -0.135. The van der Waals surface area contributed by atoms with Crippen LogP contribution in [0.5, 0.6) is 0 Å². The smallest absolute Gasteiger partial charge is 0.246 e. The number of hydrogen-bond acceptors (Lipinski definition) is 10. The second-order valence-electron chi connectivity index (χ2n) is 11.1. The Balaban J connectivity index is 1.29. The van der Waals surface area contributed by atoms with Gasteiger partial charge in [-0.1, -0.05) is 24.8 Å². The average molecular weight is 617 g/mol. The van der Waals surface area contributed by atoms with E-state index < -0.39 is 6.04 Å². The number of unbranched alkanes of at least 4 members (excludes halogenated alkanes) is 1. The standard InChI is InChI=1S/C32H44N10O3/c1-5-14-33-29-24(21-36-32(39-29)38-26-20-25-22-37-42(18-19-45-4)30(25)35-23-26)11-7-6-8-15-34-31(44)27-12-9-17-41(27)28(43)13-10-16-40(2)3/h10,13,20-23,27H,5-6,8-9,12,14-19H2,1-4H3,(H,34,44)(H2,33,36,38,39). The summed E-state index contributed by atoms with van der Waals surface area (Å²) in [6.07, 6.45) is 12.3. The Bertz CT molecular complexity index is 1520. The van der Waals surface area contributed by atoms with E-state index in [0.717, 1.165) is 36.1 Å². The molecule has 0 aliphatic carbocycles. The Morgan fingerprint density at radius 2 is 2.07 bits per heavy atom. The van der Waals surface area contributed by atoms with Crippen molar-refractivity contribution in [3.63, 3.8) is 0 Å². The lowest BCUT2D eigenvalue weighted by atomic mass is 10.2.